The van der Waals surface area contributed by atoms with Gasteiger partial charge in [-0.15, -0.1) is 5.10 Å². The minimum Gasteiger partial charge on any atom is -0.379 e. The maximum atomic E-state index is 10.9. The zero-order chi connectivity index (χ0) is 12.0. The summed E-state index contributed by atoms with van der Waals surface area (Å²) >= 11 is 0. The molecule has 4 heteroatoms. The van der Waals surface area contributed by atoms with Crippen LogP contribution in [0.3, 0.4) is 0 Å². The Bertz CT molecular complexity index is 576. The van der Waals surface area contributed by atoms with Gasteiger partial charge in [-0.1, -0.05) is 29.0 Å². The van der Waals surface area contributed by atoms with Crippen molar-refractivity contribution in [2.45, 2.75) is 25.4 Å². The number of fused-ring (bicyclic) bond motifs is 1. The van der Waals surface area contributed by atoms with Crippen LogP contribution in [0.1, 0.15) is 28.8 Å². The fourth-order valence-electron chi connectivity index (χ4n) is 2.67. The average molecular weight is 229 g/mol. The second-order valence-electron chi connectivity index (χ2n) is 4.76. The zero-order valence-corrected chi connectivity index (χ0v) is 10.0. The largest absolute Gasteiger partial charge is 0.379 e. The van der Waals surface area contributed by atoms with E-state index < -0.39 is 5.60 Å². The van der Waals surface area contributed by atoms with Gasteiger partial charge < -0.3 is 5.11 Å². The molecule has 1 aromatic carbocycles. The maximum Gasteiger partial charge on any atom is 0.133 e. The lowest BCUT2D eigenvalue weighted by Gasteiger charge is -2.23. The standard InChI is InChI=1S/C13H15N3O/c1-9-3-4-10-5-6-13(17,11(10)7-9)12-8-14-15-16(12)2/h3-4,7-8,17H,5-6H2,1-2H3. The van der Waals surface area contributed by atoms with E-state index in [0.29, 0.717) is 6.42 Å². The molecule has 0 saturated carbocycles. The molecule has 1 aliphatic rings. The quantitative estimate of drug-likeness (QED) is 0.802. The summed E-state index contributed by atoms with van der Waals surface area (Å²) in [6, 6.07) is 6.26. The Morgan fingerprint density at radius 2 is 2.24 bits per heavy atom. The van der Waals surface area contributed by atoms with Gasteiger partial charge in [-0.2, -0.15) is 0 Å². The molecule has 1 atom stereocenters. The lowest BCUT2D eigenvalue weighted by atomic mass is 9.91. The van der Waals surface area contributed by atoms with Crippen LogP contribution >= 0.6 is 0 Å². The van der Waals surface area contributed by atoms with E-state index in [2.05, 4.69) is 28.5 Å². The maximum absolute atomic E-state index is 10.9. The molecule has 4 nitrogen and oxygen atoms in total. The molecule has 1 heterocycles. The number of aromatic nitrogens is 3. The number of aliphatic hydroxyl groups is 1. The Kier molecular flexibility index (Phi) is 2.10. The molecule has 0 aliphatic heterocycles. The first-order valence-electron chi connectivity index (χ1n) is 5.79. The summed E-state index contributed by atoms with van der Waals surface area (Å²) in [6.45, 7) is 2.04. The van der Waals surface area contributed by atoms with Crippen LogP contribution in [0.4, 0.5) is 0 Å². The van der Waals surface area contributed by atoms with E-state index in [4.69, 9.17) is 0 Å². The zero-order valence-electron chi connectivity index (χ0n) is 10.0. The third kappa shape index (κ3) is 1.41. The Balaban J connectivity index is 2.20. The van der Waals surface area contributed by atoms with Crippen molar-refractivity contribution in [2.24, 2.45) is 7.05 Å². The van der Waals surface area contributed by atoms with Crippen molar-refractivity contribution in [2.75, 3.05) is 0 Å². The van der Waals surface area contributed by atoms with E-state index in [-0.39, 0.29) is 0 Å². The summed E-state index contributed by atoms with van der Waals surface area (Å²) in [5.74, 6) is 0. The molecule has 1 N–H and O–H groups in total. The molecule has 2 aromatic rings. The van der Waals surface area contributed by atoms with Crippen molar-refractivity contribution in [3.8, 4) is 0 Å². The van der Waals surface area contributed by atoms with Crippen molar-refractivity contribution in [1.82, 2.24) is 15.0 Å². The van der Waals surface area contributed by atoms with Gasteiger partial charge in [0.15, 0.2) is 0 Å². The van der Waals surface area contributed by atoms with E-state index in [9.17, 15) is 5.11 Å². The fraction of sp³-hybridized carbons (Fsp3) is 0.385. The second-order valence-corrected chi connectivity index (χ2v) is 4.76. The molecule has 1 aromatic heterocycles. The predicted octanol–water partition coefficient (Wildman–Crippen LogP) is 1.31. The van der Waals surface area contributed by atoms with Gasteiger partial charge in [0.25, 0.3) is 0 Å². The third-order valence-corrected chi connectivity index (χ3v) is 3.61. The monoisotopic (exact) mass is 229 g/mol. The van der Waals surface area contributed by atoms with E-state index >= 15 is 0 Å². The third-order valence-electron chi connectivity index (χ3n) is 3.61. The van der Waals surface area contributed by atoms with Gasteiger partial charge in [-0.05, 0) is 30.9 Å². The normalized spacial score (nSPS) is 22.8. The number of aryl methyl sites for hydroxylation is 3. The Labute approximate surface area is 99.9 Å². The van der Waals surface area contributed by atoms with Crippen LogP contribution in [0.15, 0.2) is 24.4 Å². The van der Waals surface area contributed by atoms with Crippen LogP contribution in [-0.2, 0) is 19.1 Å². The van der Waals surface area contributed by atoms with Gasteiger partial charge in [-0.3, -0.25) is 0 Å². The van der Waals surface area contributed by atoms with Crippen LogP contribution in [0.2, 0.25) is 0 Å². The number of hydrogen-bond donors (Lipinski definition) is 1. The van der Waals surface area contributed by atoms with E-state index in [0.717, 1.165) is 17.7 Å². The Morgan fingerprint density at radius 3 is 2.94 bits per heavy atom. The predicted molar refractivity (Wildman–Crippen MR) is 63.5 cm³/mol. The summed E-state index contributed by atoms with van der Waals surface area (Å²) in [6.07, 6.45) is 3.25. The highest BCUT2D eigenvalue weighted by molar-refractivity contribution is 5.44. The average Bonchev–Trinajstić information content (AvgIpc) is 2.85. The molecule has 0 spiro atoms. The summed E-state index contributed by atoms with van der Waals surface area (Å²) < 4.78 is 1.65. The molecular formula is C13H15N3O. The highest BCUT2D eigenvalue weighted by Gasteiger charge is 2.40. The summed E-state index contributed by atoms with van der Waals surface area (Å²) in [5, 5.41) is 18.7. The lowest BCUT2D eigenvalue weighted by Crippen LogP contribution is -2.27. The smallest absolute Gasteiger partial charge is 0.133 e. The van der Waals surface area contributed by atoms with Crippen LogP contribution in [0, 0.1) is 6.92 Å². The first-order valence-corrected chi connectivity index (χ1v) is 5.79. The van der Waals surface area contributed by atoms with Crippen molar-refractivity contribution < 1.29 is 5.11 Å². The van der Waals surface area contributed by atoms with Gasteiger partial charge in [0, 0.05) is 7.05 Å². The SMILES string of the molecule is Cc1ccc2c(c1)C(O)(c1cnnn1C)CC2. The number of hydrogen-bond acceptors (Lipinski definition) is 3. The number of benzene rings is 1. The van der Waals surface area contributed by atoms with E-state index in [1.54, 1.807) is 10.9 Å². The number of rotatable bonds is 1. The molecule has 3 rings (SSSR count). The highest BCUT2D eigenvalue weighted by Crippen LogP contribution is 2.41. The first kappa shape index (κ1) is 10.5. The fourth-order valence-corrected chi connectivity index (χ4v) is 2.67. The van der Waals surface area contributed by atoms with Crippen molar-refractivity contribution in [3.63, 3.8) is 0 Å². The molecule has 0 fully saturated rings. The van der Waals surface area contributed by atoms with Crippen molar-refractivity contribution in [3.05, 3.63) is 46.8 Å². The molecule has 0 radical (unpaired) electrons. The van der Waals surface area contributed by atoms with Gasteiger partial charge in [-0.25, -0.2) is 4.68 Å². The molecule has 0 saturated heterocycles. The molecule has 1 unspecified atom stereocenters. The van der Waals surface area contributed by atoms with E-state index in [1.165, 1.54) is 11.1 Å². The van der Waals surface area contributed by atoms with Gasteiger partial charge >= 0.3 is 0 Å². The Morgan fingerprint density at radius 1 is 1.41 bits per heavy atom. The second kappa shape index (κ2) is 3.40. The minimum absolute atomic E-state index is 0.701. The van der Waals surface area contributed by atoms with Crippen molar-refractivity contribution >= 4 is 0 Å². The van der Waals surface area contributed by atoms with Crippen LogP contribution in [0.25, 0.3) is 0 Å². The molecule has 88 valence electrons. The van der Waals surface area contributed by atoms with Crippen LogP contribution in [0.5, 0.6) is 0 Å². The molecule has 17 heavy (non-hydrogen) atoms. The molecular weight excluding hydrogens is 214 g/mol. The molecule has 0 bridgehead atoms. The van der Waals surface area contributed by atoms with Gasteiger partial charge in [0.1, 0.15) is 5.60 Å². The first-order chi connectivity index (χ1) is 8.11. The molecule has 1 aliphatic carbocycles. The van der Waals surface area contributed by atoms with Crippen molar-refractivity contribution in [1.29, 1.82) is 0 Å². The van der Waals surface area contributed by atoms with Gasteiger partial charge in [0.2, 0.25) is 0 Å². The highest BCUT2D eigenvalue weighted by atomic mass is 16.3. The lowest BCUT2D eigenvalue weighted by molar-refractivity contribution is 0.0739. The topological polar surface area (TPSA) is 50.9 Å². The van der Waals surface area contributed by atoms with Crippen LogP contribution < -0.4 is 0 Å². The van der Waals surface area contributed by atoms with Crippen LogP contribution in [-0.4, -0.2) is 20.1 Å². The summed E-state index contributed by atoms with van der Waals surface area (Å²) in [5.41, 5.74) is 3.22. The molecule has 0 amide bonds. The minimum atomic E-state index is -0.931. The van der Waals surface area contributed by atoms with E-state index in [1.807, 2.05) is 14.0 Å². The Hall–Kier alpha value is -1.68. The summed E-state index contributed by atoms with van der Waals surface area (Å²) in [4.78, 5) is 0. The summed E-state index contributed by atoms with van der Waals surface area (Å²) in [7, 11) is 1.81. The number of nitrogens with zero attached hydrogens (tertiary/aromatic N) is 3. The van der Waals surface area contributed by atoms with Gasteiger partial charge in [0.05, 0.1) is 11.9 Å².